The van der Waals surface area contributed by atoms with Crippen LogP contribution in [0.2, 0.25) is 0 Å². The SMILES string of the molecule is CCCCC[C@@H](F)C#CC(OCC)OCC. The number of halogens is 1. The van der Waals surface area contributed by atoms with Gasteiger partial charge in [0.05, 0.1) is 0 Å². The van der Waals surface area contributed by atoms with Crippen LogP contribution >= 0.6 is 0 Å². The highest BCUT2D eigenvalue weighted by Gasteiger charge is 2.04. The Kier molecular flexibility index (Phi) is 10.5. The van der Waals surface area contributed by atoms with Gasteiger partial charge in [-0.1, -0.05) is 25.7 Å². The van der Waals surface area contributed by atoms with Crippen LogP contribution in [0.5, 0.6) is 0 Å². The minimum absolute atomic E-state index is 0.506. The molecule has 3 heteroatoms. The number of hydrogen-bond acceptors (Lipinski definition) is 2. The van der Waals surface area contributed by atoms with Gasteiger partial charge in [-0.25, -0.2) is 4.39 Å². The lowest BCUT2D eigenvalue weighted by atomic mass is 10.1. The van der Waals surface area contributed by atoms with E-state index < -0.39 is 12.5 Å². The Morgan fingerprint density at radius 1 is 1.00 bits per heavy atom. The molecule has 0 bridgehead atoms. The molecule has 0 N–H and O–H groups in total. The van der Waals surface area contributed by atoms with Crippen molar-refractivity contribution in [3.05, 3.63) is 0 Å². The molecule has 0 radical (unpaired) electrons. The van der Waals surface area contributed by atoms with E-state index in [1.54, 1.807) is 0 Å². The summed E-state index contributed by atoms with van der Waals surface area (Å²) < 4.78 is 23.7. The minimum Gasteiger partial charge on any atom is -0.342 e. The van der Waals surface area contributed by atoms with E-state index in [-0.39, 0.29) is 0 Å². The van der Waals surface area contributed by atoms with Gasteiger partial charge in [-0.2, -0.15) is 0 Å². The molecule has 16 heavy (non-hydrogen) atoms. The Morgan fingerprint density at radius 2 is 1.62 bits per heavy atom. The lowest BCUT2D eigenvalue weighted by Crippen LogP contribution is -2.15. The number of rotatable bonds is 8. The highest BCUT2D eigenvalue weighted by molar-refractivity contribution is 5.07. The summed E-state index contributed by atoms with van der Waals surface area (Å²) in [6.07, 6.45) is 1.91. The summed E-state index contributed by atoms with van der Waals surface area (Å²) in [6, 6.07) is 0. The molecule has 0 unspecified atom stereocenters. The van der Waals surface area contributed by atoms with Gasteiger partial charge in [-0.05, 0) is 32.6 Å². The molecule has 0 aromatic carbocycles. The average Bonchev–Trinajstić information content (AvgIpc) is 2.27. The van der Waals surface area contributed by atoms with Crippen LogP contribution < -0.4 is 0 Å². The molecule has 2 nitrogen and oxygen atoms in total. The third-order valence-electron chi connectivity index (χ3n) is 2.06. The number of unbranched alkanes of at least 4 members (excludes halogenated alkanes) is 2. The molecule has 94 valence electrons. The van der Waals surface area contributed by atoms with Gasteiger partial charge in [0.2, 0.25) is 6.29 Å². The predicted octanol–water partition coefficient (Wildman–Crippen LogP) is 3.31. The second-order valence-corrected chi connectivity index (χ2v) is 3.49. The van der Waals surface area contributed by atoms with Gasteiger partial charge < -0.3 is 9.47 Å². The number of hydrogen-bond donors (Lipinski definition) is 0. The van der Waals surface area contributed by atoms with Crippen molar-refractivity contribution in [1.29, 1.82) is 0 Å². The van der Waals surface area contributed by atoms with Crippen molar-refractivity contribution in [2.24, 2.45) is 0 Å². The van der Waals surface area contributed by atoms with Crippen molar-refractivity contribution in [3.8, 4) is 11.8 Å². The first-order valence-electron chi connectivity index (χ1n) is 6.12. The van der Waals surface area contributed by atoms with E-state index >= 15 is 0 Å². The molecule has 1 atom stereocenters. The molecule has 0 fully saturated rings. The van der Waals surface area contributed by atoms with E-state index in [1.807, 2.05) is 13.8 Å². The summed E-state index contributed by atoms with van der Waals surface area (Å²) in [5.41, 5.74) is 0. The molecule has 0 aliphatic carbocycles. The summed E-state index contributed by atoms with van der Waals surface area (Å²) in [7, 11) is 0. The van der Waals surface area contributed by atoms with Gasteiger partial charge in [0, 0.05) is 13.2 Å². The smallest absolute Gasteiger partial charge is 0.222 e. The highest BCUT2D eigenvalue weighted by Crippen LogP contribution is 2.05. The molecule has 0 amide bonds. The zero-order valence-corrected chi connectivity index (χ0v) is 10.6. The van der Waals surface area contributed by atoms with Gasteiger partial charge in [0.25, 0.3) is 0 Å². The summed E-state index contributed by atoms with van der Waals surface area (Å²) in [5, 5.41) is 0. The normalized spacial score (nSPS) is 12.3. The maximum absolute atomic E-state index is 13.3. The molecule has 0 heterocycles. The van der Waals surface area contributed by atoms with Gasteiger partial charge in [0.1, 0.15) is 0 Å². The molecule has 0 aliphatic rings. The quantitative estimate of drug-likeness (QED) is 0.362. The van der Waals surface area contributed by atoms with Crippen LogP contribution in [-0.4, -0.2) is 25.7 Å². The molecule has 0 aliphatic heterocycles. The number of alkyl halides is 1. The van der Waals surface area contributed by atoms with Crippen molar-refractivity contribution >= 4 is 0 Å². The van der Waals surface area contributed by atoms with Crippen LogP contribution in [0, 0.1) is 11.8 Å². The van der Waals surface area contributed by atoms with Gasteiger partial charge >= 0.3 is 0 Å². The second-order valence-electron chi connectivity index (χ2n) is 3.49. The average molecular weight is 230 g/mol. The first kappa shape index (κ1) is 15.4. The molecule has 0 aromatic heterocycles. The molecule has 0 rings (SSSR count). The van der Waals surface area contributed by atoms with E-state index in [9.17, 15) is 4.39 Å². The van der Waals surface area contributed by atoms with E-state index in [0.29, 0.717) is 19.6 Å². The third-order valence-corrected chi connectivity index (χ3v) is 2.06. The lowest BCUT2D eigenvalue weighted by Gasteiger charge is -2.09. The molecule has 0 saturated heterocycles. The highest BCUT2D eigenvalue weighted by atomic mass is 19.1. The van der Waals surface area contributed by atoms with Crippen molar-refractivity contribution < 1.29 is 13.9 Å². The first-order valence-corrected chi connectivity index (χ1v) is 6.12. The monoisotopic (exact) mass is 230 g/mol. The van der Waals surface area contributed by atoms with Crippen LogP contribution in [0.1, 0.15) is 46.5 Å². The van der Waals surface area contributed by atoms with Crippen molar-refractivity contribution in [1.82, 2.24) is 0 Å². The van der Waals surface area contributed by atoms with Crippen LogP contribution in [0.3, 0.4) is 0 Å². The molecule has 0 saturated carbocycles. The fraction of sp³-hybridized carbons (Fsp3) is 0.846. The molecule has 0 aromatic rings. The maximum atomic E-state index is 13.3. The largest absolute Gasteiger partial charge is 0.342 e. The topological polar surface area (TPSA) is 18.5 Å². The summed E-state index contributed by atoms with van der Waals surface area (Å²) in [4.78, 5) is 0. The molecule has 0 spiro atoms. The zero-order valence-electron chi connectivity index (χ0n) is 10.6. The molecular weight excluding hydrogens is 207 g/mol. The van der Waals surface area contributed by atoms with E-state index in [2.05, 4.69) is 18.8 Å². The minimum atomic E-state index is -1.06. The Balaban J connectivity index is 3.90. The first-order chi connectivity index (χ1) is 7.74. The van der Waals surface area contributed by atoms with E-state index in [1.165, 1.54) is 0 Å². The van der Waals surface area contributed by atoms with E-state index in [0.717, 1.165) is 19.3 Å². The Bertz CT molecular complexity index is 202. The summed E-state index contributed by atoms with van der Waals surface area (Å²) >= 11 is 0. The van der Waals surface area contributed by atoms with Gasteiger partial charge in [-0.3, -0.25) is 0 Å². The van der Waals surface area contributed by atoms with E-state index in [4.69, 9.17) is 9.47 Å². The van der Waals surface area contributed by atoms with Crippen LogP contribution in [0.4, 0.5) is 4.39 Å². The lowest BCUT2D eigenvalue weighted by molar-refractivity contribution is -0.0971. The number of ether oxygens (including phenoxy) is 2. The standard InChI is InChI=1S/C13H23FO2/c1-4-7-8-9-12(14)10-11-13(15-5-2)16-6-3/h12-13H,4-9H2,1-3H3/t12-/m1/s1. The molecular formula is C13H23FO2. The third kappa shape index (κ3) is 8.70. The maximum Gasteiger partial charge on any atom is 0.222 e. The predicted molar refractivity (Wildman–Crippen MR) is 63.9 cm³/mol. The second kappa shape index (κ2) is 10.9. The fourth-order valence-electron chi connectivity index (χ4n) is 1.24. The van der Waals surface area contributed by atoms with Gasteiger partial charge in [-0.15, -0.1) is 0 Å². The zero-order chi connectivity index (χ0) is 12.2. The fourth-order valence-corrected chi connectivity index (χ4v) is 1.24. The van der Waals surface area contributed by atoms with Crippen molar-refractivity contribution in [2.75, 3.05) is 13.2 Å². The summed E-state index contributed by atoms with van der Waals surface area (Å²) in [5.74, 6) is 5.22. The Hall–Kier alpha value is -0.590. The van der Waals surface area contributed by atoms with Gasteiger partial charge in [0.15, 0.2) is 6.17 Å². The Labute approximate surface area is 98.5 Å². The van der Waals surface area contributed by atoms with Crippen molar-refractivity contribution in [3.63, 3.8) is 0 Å². The van der Waals surface area contributed by atoms with Crippen molar-refractivity contribution in [2.45, 2.75) is 58.9 Å². The van der Waals surface area contributed by atoms with Crippen LogP contribution in [0.15, 0.2) is 0 Å². The Morgan fingerprint density at radius 3 is 2.12 bits per heavy atom. The summed E-state index contributed by atoms with van der Waals surface area (Å²) in [6.45, 7) is 6.86. The van der Waals surface area contributed by atoms with Crippen LogP contribution in [0.25, 0.3) is 0 Å². The van der Waals surface area contributed by atoms with Crippen LogP contribution in [-0.2, 0) is 9.47 Å².